The van der Waals surface area contributed by atoms with Crippen molar-refractivity contribution in [2.75, 3.05) is 10.6 Å². The van der Waals surface area contributed by atoms with Gasteiger partial charge in [-0.2, -0.15) is 0 Å². The normalized spacial score (nSPS) is 10.4. The summed E-state index contributed by atoms with van der Waals surface area (Å²) >= 11 is 1.53. The lowest BCUT2D eigenvalue weighted by atomic mass is 10.2. The van der Waals surface area contributed by atoms with E-state index >= 15 is 0 Å². The molecule has 0 spiro atoms. The van der Waals surface area contributed by atoms with Gasteiger partial charge in [0.05, 0.1) is 24.1 Å². The van der Waals surface area contributed by atoms with Crippen LogP contribution in [0, 0.1) is 6.92 Å². The van der Waals surface area contributed by atoms with Gasteiger partial charge in [0.1, 0.15) is 0 Å². The fourth-order valence-electron chi connectivity index (χ4n) is 2.25. The molecule has 0 fully saturated rings. The second kappa shape index (κ2) is 7.14. The number of hydrogen-bond donors (Lipinski definition) is 2. The van der Waals surface area contributed by atoms with Crippen molar-refractivity contribution in [2.45, 2.75) is 13.3 Å². The van der Waals surface area contributed by atoms with Crippen LogP contribution in [0.5, 0.6) is 0 Å². The van der Waals surface area contributed by atoms with Crippen LogP contribution < -0.4 is 10.6 Å². The summed E-state index contributed by atoms with van der Waals surface area (Å²) in [5.74, 6) is -0.222. The summed E-state index contributed by atoms with van der Waals surface area (Å²) < 4.78 is 5.19. The standard InChI is InChI=1S/C18H16N2O3S/c1-12-8-9-23-17(12)18(22)20-15-7-3-2-6-14(15)19-16(21)11-13-5-4-10-24-13/h2-10H,11H2,1H3,(H,19,21)(H,20,22). The average molecular weight is 340 g/mol. The number of nitrogens with one attached hydrogen (secondary N) is 2. The van der Waals surface area contributed by atoms with E-state index in [1.54, 1.807) is 37.3 Å². The highest BCUT2D eigenvalue weighted by Gasteiger charge is 2.15. The van der Waals surface area contributed by atoms with Crippen molar-refractivity contribution >= 4 is 34.5 Å². The highest BCUT2D eigenvalue weighted by Crippen LogP contribution is 2.23. The second-order valence-corrected chi connectivity index (χ2v) is 6.27. The largest absolute Gasteiger partial charge is 0.459 e. The molecule has 0 saturated heterocycles. The molecule has 6 heteroatoms. The Balaban J connectivity index is 1.72. The predicted octanol–water partition coefficient (Wildman–Crippen LogP) is 4.08. The number of aryl methyl sites for hydroxylation is 1. The molecule has 3 rings (SSSR count). The highest BCUT2D eigenvalue weighted by atomic mass is 32.1. The number of benzene rings is 1. The van der Waals surface area contributed by atoms with E-state index in [0.717, 1.165) is 10.4 Å². The smallest absolute Gasteiger partial charge is 0.291 e. The van der Waals surface area contributed by atoms with Crippen LogP contribution in [0.15, 0.2) is 58.5 Å². The molecule has 3 aromatic rings. The molecule has 5 nitrogen and oxygen atoms in total. The summed E-state index contributed by atoms with van der Waals surface area (Å²) in [6.07, 6.45) is 1.77. The van der Waals surface area contributed by atoms with Crippen LogP contribution in [-0.2, 0) is 11.2 Å². The van der Waals surface area contributed by atoms with Crippen molar-refractivity contribution in [3.63, 3.8) is 0 Å². The Morgan fingerprint density at radius 3 is 2.42 bits per heavy atom. The van der Waals surface area contributed by atoms with Gasteiger partial charge in [0.25, 0.3) is 5.91 Å². The van der Waals surface area contributed by atoms with Gasteiger partial charge in [-0.15, -0.1) is 11.3 Å². The number of carbonyl (C=O) groups is 2. The fourth-order valence-corrected chi connectivity index (χ4v) is 2.95. The van der Waals surface area contributed by atoms with Crippen LogP contribution in [0.25, 0.3) is 0 Å². The van der Waals surface area contributed by atoms with E-state index in [9.17, 15) is 9.59 Å². The van der Waals surface area contributed by atoms with Gasteiger partial charge in [0.2, 0.25) is 5.91 Å². The zero-order valence-corrected chi connectivity index (χ0v) is 13.9. The minimum atomic E-state index is -0.350. The summed E-state index contributed by atoms with van der Waals surface area (Å²) in [6.45, 7) is 1.80. The molecule has 1 aromatic carbocycles. The van der Waals surface area contributed by atoms with Crippen molar-refractivity contribution in [3.8, 4) is 0 Å². The van der Waals surface area contributed by atoms with Gasteiger partial charge >= 0.3 is 0 Å². The van der Waals surface area contributed by atoms with E-state index in [1.807, 2.05) is 17.5 Å². The van der Waals surface area contributed by atoms with Crippen molar-refractivity contribution in [1.82, 2.24) is 0 Å². The minimum Gasteiger partial charge on any atom is -0.459 e. The number of carbonyl (C=O) groups excluding carboxylic acids is 2. The van der Waals surface area contributed by atoms with Gasteiger partial charge in [0.15, 0.2) is 5.76 Å². The third-order valence-corrected chi connectivity index (χ3v) is 4.31. The van der Waals surface area contributed by atoms with Crippen LogP contribution in [0.2, 0.25) is 0 Å². The first kappa shape index (κ1) is 16.0. The van der Waals surface area contributed by atoms with Gasteiger partial charge in [0, 0.05) is 10.4 Å². The van der Waals surface area contributed by atoms with Crippen LogP contribution in [0.1, 0.15) is 21.0 Å². The molecular formula is C18H16N2O3S. The van der Waals surface area contributed by atoms with Crippen LogP contribution in [0.3, 0.4) is 0 Å². The molecule has 2 heterocycles. The Hall–Kier alpha value is -2.86. The molecule has 24 heavy (non-hydrogen) atoms. The third-order valence-electron chi connectivity index (χ3n) is 3.43. The number of anilines is 2. The van der Waals surface area contributed by atoms with Crippen molar-refractivity contribution < 1.29 is 14.0 Å². The topological polar surface area (TPSA) is 71.3 Å². The highest BCUT2D eigenvalue weighted by molar-refractivity contribution is 7.10. The lowest BCUT2D eigenvalue weighted by molar-refractivity contribution is -0.115. The molecule has 0 bridgehead atoms. The van der Waals surface area contributed by atoms with Gasteiger partial charge in [-0.25, -0.2) is 0 Å². The molecule has 0 aliphatic carbocycles. The maximum absolute atomic E-state index is 12.3. The minimum absolute atomic E-state index is 0.131. The Labute approximate surface area is 143 Å². The lowest BCUT2D eigenvalue weighted by Crippen LogP contribution is -2.17. The summed E-state index contributed by atoms with van der Waals surface area (Å²) in [5.41, 5.74) is 1.83. The summed E-state index contributed by atoms with van der Waals surface area (Å²) in [7, 11) is 0. The number of para-hydroxylation sites is 2. The monoisotopic (exact) mass is 340 g/mol. The Morgan fingerprint density at radius 2 is 1.79 bits per heavy atom. The van der Waals surface area contributed by atoms with Crippen LogP contribution >= 0.6 is 11.3 Å². The maximum atomic E-state index is 12.3. The molecule has 2 amide bonds. The molecule has 0 saturated carbocycles. The average Bonchev–Trinajstić information content (AvgIpc) is 3.20. The number of thiophene rings is 1. The quantitative estimate of drug-likeness (QED) is 0.735. The Morgan fingerprint density at radius 1 is 1.04 bits per heavy atom. The van der Waals surface area contributed by atoms with E-state index in [-0.39, 0.29) is 17.6 Å². The first-order valence-electron chi connectivity index (χ1n) is 7.40. The molecule has 0 radical (unpaired) electrons. The maximum Gasteiger partial charge on any atom is 0.291 e. The van der Waals surface area contributed by atoms with Crippen LogP contribution in [-0.4, -0.2) is 11.8 Å². The van der Waals surface area contributed by atoms with E-state index in [1.165, 1.54) is 17.6 Å². The van der Waals surface area contributed by atoms with E-state index in [4.69, 9.17) is 4.42 Å². The van der Waals surface area contributed by atoms with E-state index in [0.29, 0.717) is 17.8 Å². The van der Waals surface area contributed by atoms with Gasteiger partial charge < -0.3 is 15.1 Å². The van der Waals surface area contributed by atoms with E-state index < -0.39 is 0 Å². The second-order valence-electron chi connectivity index (χ2n) is 5.24. The van der Waals surface area contributed by atoms with Gasteiger partial charge in [-0.05, 0) is 36.6 Å². The van der Waals surface area contributed by atoms with Crippen molar-refractivity contribution in [3.05, 3.63) is 70.3 Å². The van der Waals surface area contributed by atoms with E-state index in [2.05, 4.69) is 10.6 Å². The first-order chi connectivity index (χ1) is 11.6. The predicted molar refractivity (Wildman–Crippen MR) is 94.5 cm³/mol. The first-order valence-corrected chi connectivity index (χ1v) is 8.28. The third kappa shape index (κ3) is 3.72. The Kier molecular flexibility index (Phi) is 4.77. The SMILES string of the molecule is Cc1ccoc1C(=O)Nc1ccccc1NC(=O)Cc1cccs1. The lowest BCUT2D eigenvalue weighted by Gasteiger charge is -2.11. The molecule has 0 unspecified atom stereocenters. The van der Waals surface area contributed by atoms with Gasteiger partial charge in [-0.3, -0.25) is 9.59 Å². The zero-order chi connectivity index (χ0) is 16.9. The number of rotatable bonds is 5. The summed E-state index contributed by atoms with van der Waals surface area (Å²) in [6, 6.07) is 12.6. The van der Waals surface area contributed by atoms with Crippen molar-refractivity contribution in [1.29, 1.82) is 0 Å². The molecule has 0 atom stereocenters. The number of furan rings is 1. The number of hydrogen-bond acceptors (Lipinski definition) is 4. The molecule has 122 valence electrons. The Bertz CT molecular complexity index is 853. The summed E-state index contributed by atoms with van der Waals surface area (Å²) in [5, 5.41) is 7.54. The number of amides is 2. The molecule has 0 aliphatic rings. The molecular weight excluding hydrogens is 324 g/mol. The summed E-state index contributed by atoms with van der Waals surface area (Å²) in [4.78, 5) is 25.4. The zero-order valence-electron chi connectivity index (χ0n) is 13.0. The molecule has 0 aliphatic heterocycles. The van der Waals surface area contributed by atoms with Crippen molar-refractivity contribution in [2.24, 2.45) is 0 Å². The molecule has 2 aromatic heterocycles. The molecule has 2 N–H and O–H groups in total. The van der Waals surface area contributed by atoms with Gasteiger partial charge in [-0.1, -0.05) is 18.2 Å². The fraction of sp³-hybridized carbons (Fsp3) is 0.111. The van der Waals surface area contributed by atoms with Crippen LogP contribution in [0.4, 0.5) is 11.4 Å².